The van der Waals surface area contributed by atoms with Gasteiger partial charge in [-0.05, 0) is 49.9 Å². The van der Waals surface area contributed by atoms with Gasteiger partial charge in [0.2, 0.25) is 5.91 Å². The molecule has 1 atom stereocenters. The number of nitrogens with two attached hydrogens (primary N) is 1. The fourth-order valence-electron chi connectivity index (χ4n) is 2.14. The van der Waals surface area contributed by atoms with Crippen molar-refractivity contribution in [1.29, 1.82) is 0 Å². The van der Waals surface area contributed by atoms with Gasteiger partial charge in [-0.1, -0.05) is 13.0 Å². The van der Waals surface area contributed by atoms with Gasteiger partial charge in [0.1, 0.15) is 0 Å². The second-order valence-corrected chi connectivity index (χ2v) is 4.96. The van der Waals surface area contributed by atoms with Gasteiger partial charge in [0, 0.05) is 19.3 Å². The molecule has 1 amide bonds. The zero-order chi connectivity index (χ0) is 13.9. The molecule has 0 aliphatic carbocycles. The normalized spacial score (nSPS) is 12.3. The van der Waals surface area contributed by atoms with E-state index in [-0.39, 0.29) is 11.8 Å². The number of carbonyl (C=O) groups excluding carboxylic acids is 1. The van der Waals surface area contributed by atoms with Crippen molar-refractivity contribution >= 4 is 11.6 Å². The quantitative estimate of drug-likeness (QED) is 0.890. The molecule has 18 heavy (non-hydrogen) atoms. The summed E-state index contributed by atoms with van der Waals surface area (Å²) in [6, 6.07) is 4.20. The molecule has 0 spiro atoms. The average molecular weight is 248 g/mol. The first-order valence-corrected chi connectivity index (χ1v) is 6.47. The van der Waals surface area contributed by atoms with E-state index in [0.717, 1.165) is 17.7 Å². The van der Waals surface area contributed by atoms with E-state index in [1.807, 2.05) is 20.9 Å². The second-order valence-electron chi connectivity index (χ2n) is 4.96. The molecule has 1 rings (SSSR count). The van der Waals surface area contributed by atoms with Crippen LogP contribution >= 0.6 is 0 Å². The van der Waals surface area contributed by atoms with Crippen LogP contribution in [0.3, 0.4) is 0 Å². The second kappa shape index (κ2) is 6.01. The van der Waals surface area contributed by atoms with E-state index in [1.54, 1.807) is 4.90 Å². The highest BCUT2D eigenvalue weighted by atomic mass is 16.2. The molecule has 0 fully saturated rings. The Kier molecular flexibility index (Phi) is 4.91. The van der Waals surface area contributed by atoms with Crippen LogP contribution < -0.4 is 10.6 Å². The lowest BCUT2D eigenvalue weighted by atomic mass is 10.0. The Bertz CT molecular complexity index is 436. The molecule has 3 heteroatoms. The minimum Gasteiger partial charge on any atom is -0.330 e. The van der Waals surface area contributed by atoms with Crippen molar-refractivity contribution in [3.05, 3.63) is 28.8 Å². The van der Waals surface area contributed by atoms with Crippen molar-refractivity contribution in [3.8, 4) is 0 Å². The van der Waals surface area contributed by atoms with Gasteiger partial charge in [-0.2, -0.15) is 0 Å². The molecule has 0 heterocycles. The Labute approximate surface area is 110 Å². The number of benzene rings is 1. The monoisotopic (exact) mass is 248 g/mol. The molecule has 0 aliphatic rings. The van der Waals surface area contributed by atoms with E-state index in [9.17, 15) is 4.79 Å². The maximum atomic E-state index is 12.3. The van der Waals surface area contributed by atoms with Crippen molar-refractivity contribution in [2.24, 2.45) is 11.7 Å². The van der Waals surface area contributed by atoms with Crippen LogP contribution in [0, 0.1) is 26.7 Å². The molecule has 1 aromatic rings. The van der Waals surface area contributed by atoms with Crippen LogP contribution in [-0.2, 0) is 4.79 Å². The number of hydrogen-bond donors (Lipinski definition) is 1. The maximum absolute atomic E-state index is 12.3. The molecule has 0 aromatic heterocycles. The molecular formula is C15H24N2O. The first-order valence-electron chi connectivity index (χ1n) is 6.47. The Morgan fingerprint density at radius 3 is 2.28 bits per heavy atom. The SMILES string of the molecule is CCC(CN)C(=O)N(C)c1cc(C)c(C)cc1C. The predicted molar refractivity (Wildman–Crippen MR) is 76.9 cm³/mol. The summed E-state index contributed by atoms with van der Waals surface area (Å²) in [5.74, 6) is 0.0161. The van der Waals surface area contributed by atoms with Crippen LogP contribution in [0.15, 0.2) is 12.1 Å². The summed E-state index contributed by atoms with van der Waals surface area (Å²) in [5, 5.41) is 0. The first-order chi connectivity index (χ1) is 8.42. The number of hydrogen-bond acceptors (Lipinski definition) is 2. The van der Waals surface area contributed by atoms with Gasteiger partial charge >= 0.3 is 0 Å². The van der Waals surface area contributed by atoms with Gasteiger partial charge in [-0.3, -0.25) is 4.79 Å². The van der Waals surface area contributed by atoms with Crippen LogP contribution in [-0.4, -0.2) is 19.5 Å². The molecule has 100 valence electrons. The van der Waals surface area contributed by atoms with Crippen LogP contribution in [0.1, 0.15) is 30.0 Å². The van der Waals surface area contributed by atoms with Crippen molar-refractivity contribution < 1.29 is 4.79 Å². The topological polar surface area (TPSA) is 46.3 Å². The average Bonchev–Trinajstić information content (AvgIpc) is 2.34. The van der Waals surface area contributed by atoms with Crippen molar-refractivity contribution in [3.63, 3.8) is 0 Å². The standard InChI is InChI=1S/C15H24N2O/c1-6-13(9-16)15(18)17(5)14-8-11(3)10(2)7-12(14)4/h7-8,13H,6,9,16H2,1-5H3. The van der Waals surface area contributed by atoms with E-state index in [2.05, 4.69) is 26.0 Å². The first kappa shape index (κ1) is 14.7. The van der Waals surface area contributed by atoms with Crippen molar-refractivity contribution in [1.82, 2.24) is 0 Å². The van der Waals surface area contributed by atoms with Crippen LogP contribution in [0.25, 0.3) is 0 Å². The van der Waals surface area contributed by atoms with Gasteiger partial charge in [-0.15, -0.1) is 0 Å². The fraction of sp³-hybridized carbons (Fsp3) is 0.533. The zero-order valence-electron chi connectivity index (χ0n) is 12.1. The highest BCUT2D eigenvalue weighted by Gasteiger charge is 2.21. The number of nitrogens with zero attached hydrogens (tertiary/aromatic N) is 1. The van der Waals surface area contributed by atoms with Crippen LogP contribution in [0.2, 0.25) is 0 Å². The smallest absolute Gasteiger partial charge is 0.231 e. The Balaban J connectivity index is 3.07. The molecular weight excluding hydrogens is 224 g/mol. The molecule has 1 unspecified atom stereocenters. The maximum Gasteiger partial charge on any atom is 0.231 e. The summed E-state index contributed by atoms with van der Waals surface area (Å²) in [6.07, 6.45) is 0.781. The minimum atomic E-state index is -0.0870. The van der Waals surface area contributed by atoms with E-state index in [1.165, 1.54) is 11.1 Å². The Morgan fingerprint density at radius 1 is 1.22 bits per heavy atom. The number of anilines is 1. The van der Waals surface area contributed by atoms with Crippen LogP contribution in [0.5, 0.6) is 0 Å². The van der Waals surface area contributed by atoms with E-state index in [4.69, 9.17) is 5.73 Å². The van der Waals surface area contributed by atoms with Gasteiger partial charge in [-0.25, -0.2) is 0 Å². The van der Waals surface area contributed by atoms with Gasteiger partial charge in [0.15, 0.2) is 0 Å². The lowest BCUT2D eigenvalue weighted by Gasteiger charge is -2.24. The summed E-state index contributed by atoms with van der Waals surface area (Å²) >= 11 is 0. The highest BCUT2D eigenvalue weighted by molar-refractivity contribution is 5.95. The molecule has 2 N–H and O–H groups in total. The molecule has 0 saturated carbocycles. The summed E-state index contributed by atoms with van der Waals surface area (Å²) in [4.78, 5) is 14.0. The number of carbonyl (C=O) groups is 1. The third-order valence-electron chi connectivity index (χ3n) is 3.63. The van der Waals surface area contributed by atoms with E-state index in [0.29, 0.717) is 6.54 Å². The summed E-state index contributed by atoms with van der Waals surface area (Å²) in [5.41, 5.74) is 10.2. The zero-order valence-corrected chi connectivity index (χ0v) is 12.1. The van der Waals surface area contributed by atoms with Crippen molar-refractivity contribution in [2.45, 2.75) is 34.1 Å². The van der Waals surface area contributed by atoms with Gasteiger partial charge in [0.05, 0.1) is 5.92 Å². The fourth-order valence-corrected chi connectivity index (χ4v) is 2.14. The molecule has 0 radical (unpaired) electrons. The molecule has 0 aliphatic heterocycles. The van der Waals surface area contributed by atoms with E-state index < -0.39 is 0 Å². The van der Waals surface area contributed by atoms with Gasteiger partial charge < -0.3 is 10.6 Å². The Morgan fingerprint density at radius 2 is 1.78 bits per heavy atom. The van der Waals surface area contributed by atoms with Gasteiger partial charge in [0.25, 0.3) is 0 Å². The van der Waals surface area contributed by atoms with Crippen molar-refractivity contribution in [2.75, 3.05) is 18.5 Å². The lowest BCUT2D eigenvalue weighted by molar-refractivity contribution is -0.121. The third kappa shape index (κ3) is 2.91. The summed E-state index contributed by atoms with van der Waals surface area (Å²) < 4.78 is 0. The molecule has 3 nitrogen and oxygen atoms in total. The lowest BCUT2D eigenvalue weighted by Crippen LogP contribution is -2.36. The van der Waals surface area contributed by atoms with E-state index >= 15 is 0 Å². The highest BCUT2D eigenvalue weighted by Crippen LogP contribution is 2.24. The molecule has 1 aromatic carbocycles. The van der Waals surface area contributed by atoms with Crippen LogP contribution in [0.4, 0.5) is 5.69 Å². The predicted octanol–water partition coefficient (Wildman–Crippen LogP) is 2.56. The largest absolute Gasteiger partial charge is 0.330 e. The number of rotatable bonds is 4. The minimum absolute atomic E-state index is 0.0870. The molecule has 0 saturated heterocycles. The summed E-state index contributed by atoms with van der Waals surface area (Å²) in [7, 11) is 1.83. The third-order valence-corrected chi connectivity index (χ3v) is 3.63. The Hall–Kier alpha value is -1.35. The molecule has 0 bridgehead atoms. The number of aryl methyl sites for hydroxylation is 3. The summed E-state index contributed by atoms with van der Waals surface area (Å²) in [6.45, 7) is 8.59. The number of amides is 1.